The molecule has 0 saturated carbocycles. The van der Waals surface area contributed by atoms with Crippen molar-refractivity contribution in [1.82, 2.24) is 5.32 Å². The molecule has 0 aliphatic heterocycles. The molecule has 0 radical (unpaired) electrons. The van der Waals surface area contributed by atoms with Gasteiger partial charge < -0.3 is 21.5 Å². The van der Waals surface area contributed by atoms with Gasteiger partial charge in [-0.1, -0.05) is 0 Å². The maximum Gasteiger partial charge on any atom is 0.305 e. The third-order valence-corrected chi connectivity index (χ3v) is 1.82. The van der Waals surface area contributed by atoms with Crippen molar-refractivity contribution in [3.05, 3.63) is 0 Å². The molecule has 104 valence electrons. The van der Waals surface area contributed by atoms with Gasteiger partial charge in [0.25, 0.3) is 0 Å². The molecule has 0 heterocycles. The number of hydrogen-bond acceptors (Lipinski definition) is 5. The topological polar surface area (TPSA) is 107 Å². The van der Waals surface area contributed by atoms with E-state index in [4.69, 9.17) is 16.2 Å². The number of carbonyl (C=O) groups is 2. The molecule has 0 spiro atoms. The summed E-state index contributed by atoms with van der Waals surface area (Å²) in [5, 5.41) is 2.86. The summed E-state index contributed by atoms with van der Waals surface area (Å²) < 4.78 is 4.73. The first kappa shape index (κ1) is 21.7. The van der Waals surface area contributed by atoms with E-state index in [1.807, 2.05) is 0 Å². The average molecular weight is 290 g/mol. The van der Waals surface area contributed by atoms with Crippen LogP contribution < -0.4 is 16.8 Å². The Morgan fingerprint density at radius 1 is 1.35 bits per heavy atom. The van der Waals surface area contributed by atoms with Crippen LogP contribution in [-0.4, -0.2) is 37.6 Å². The molecule has 1 amide bonds. The van der Waals surface area contributed by atoms with E-state index in [1.54, 1.807) is 6.92 Å². The van der Waals surface area contributed by atoms with Gasteiger partial charge in [0.2, 0.25) is 5.91 Å². The molecule has 0 aliphatic carbocycles. The number of hydrogen-bond donors (Lipinski definition) is 3. The van der Waals surface area contributed by atoms with E-state index in [9.17, 15) is 9.59 Å². The van der Waals surface area contributed by atoms with Crippen LogP contribution in [0.1, 0.15) is 19.8 Å². The lowest BCUT2D eigenvalue weighted by Crippen LogP contribution is -2.43. The van der Waals surface area contributed by atoms with Crippen molar-refractivity contribution < 1.29 is 14.3 Å². The van der Waals surface area contributed by atoms with Crippen molar-refractivity contribution in [1.29, 1.82) is 0 Å². The number of halogens is 2. The lowest BCUT2D eigenvalue weighted by atomic mass is 10.1. The van der Waals surface area contributed by atoms with Gasteiger partial charge in [0.1, 0.15) is 0 Å². The van der Waals surface area contributed by atoms with Crippen LogP contribution in [0.4, 0.5) is 0 Å². The number of ether oxygens (including phenoxy) is 1. The van der Waals surface area contributed by atoms with E-state index in [0.717, 1.165) is 0 Å². The Labute approximate surface area is 114 Å². The fourth-order valence-electron chi connectivity index (χ4n) is 1.10. The van der Waals surface area contributed by atoms with Crippen molar-refractivity contribution in [3.8, 4) is 0 Å². The van der Waals surface area contributed by atoms with Gasteiger partial charge in [-0.15, -0.1) is 24.8 Å². The molecule has 0 saturated heterocycles. The van der Waals surface area contributed by atoms with Crippen LogP contribution in [0, 0.1) is 0 Å². The van der Waals surface area contributed by atoms with Crippen molar-refractivity contribution >= 4 is 36.7 Å². The monoisotopic (exact) mass is 289 g/mol. The Morgan fingerprint density at radius 2 is 1.94 bits per heavy atom. The largest absolute Gasteiger partial charge is 0.466 e. The molecule has 0 unspecified atom stereocenters. The molecule has 0 fully saturated rings. The summed E-state index contributed by atoms with van der Waals surface area (Å²) >= 11 is 0. The highest BCUT2D eigenvalue weighted by molar-refractivity contribution is 5.85. The number of rotatable bonds is 8. The number of amides is 1. The predicted molar refractivity (Wildman–Crippen MR) is 70.4 cm³/mol. The first-order valence-electron chi connectivity index (χ1n) is 5.00. The Hall–Kier alpha value is -0.560. The normalized spacial score (nSPS) is 10.7. The van der Waals surface area contributed by atoms with E-state index >= 15 is 0 Å². The van der Waals surface area contributed by atoms with Crippen molar-refractivity contribution in [3.63, 3.8) is 0 Å². The molecule has 0 aliphatic rings. The maximum atomic E-state index is 11.0. The van der Waals surface area contributed by atoms with E-state index in [-0.39, 0.29) is 37.2 Å². The first-order chi connectivity index (χ1) is 7.11. The molecule has 8 heteroatoms. The molecule has 0 bridgehead atoms. The zero-order chi connectivity index (χ0) is 11.7. The number of primary amides is 1. The van der Waals surface area contributed by atoms with Crippen LogP contribution in [0.15, 0.2) is 0 Å². The van der Waals surface area contributed by atoms with Crippen LogP contribution in [0.5, 0.6) is 0 Å². The van der Waals surface area contributed by atoms with Gasteiger partial charge in [0.05, 0.1) is 12.6 Å². The fourth-order valence-corrected chi connectivity index (χ4v) is 1.10. The van der Waals surface area contributed by atoms with Gasteiger partial charge in [-0.2, -0.15) is 0 Å². The zero-order valence-electron chi connectivity index (χ0n) is 9.81. The third kappa shape index (κ3) is 11.7. The first-order valence-corrected chi connectivity index (χ1v) is 5.00. The maximum absolute atomic E-state index is 11.0. The van der Waals surface area contributed by atoms with Gasteiger partial charge >= 0.3 is 5.97 Å². The molecule has 5 N–H and O–H groups in total. The van der Waals surface area contributed by atoms with E-state index in [0.29, 0.717) is 26.1 Å². The summed E-state index contributed by atoms with van der Waals surface area (Å²) in [5.41, 5.74) is 10.4. The van der Waals surface area contributed by atoms with Crippen LogP contribution in [0.2, 0.25) is 0 Å². The molecular weight excluding hydrogens is 269 g/mol. The van der Waals surface area contributed by atoms with Gasteiger partial charge in [-0.05, 0) is 13.3 Å². The number of nitrogens with two attached hydrogens (primary N) is 2. The highest BCUT2D eigenvalue weighted by atomic mass is 35.5. The Morgan fingerprint density at radius 3 is 2.35 bits per heavy atom. The second-order valence-electron chi connectivity index (χ2n) is 3.04. The summed E-state index contributed by atoms with van der Waals surface area (Å²) in [6, 6.07) is -0.516. The number of esters is 1. The minimum absolute atomic E-state index is 0. The third-order valence-electron chi connectivity index (χ3n) is 1.82. The quantitative estimate of drug-likeness (QED) is 0.526. The highest BCUT2D eigenvalue weighted by Crippen LogP contribution is 1.98. The number of nitrogens with one attached hydrogen (secondary N) is 1. The summed E-state index contributed by atoms with van der Waals surface area (Å²) in [4.78, 5) is 22.0. The number of carbonyl (C=O) groups excluding carboxylic acids is 2. The predicted octanol–water partition coefficient (Wildman–Crippen LogP) is -0.424. The molecule has 0 aromatic rings. The average Bonchev–Trinajstić information content (AvgIpc) is 2.17. The summed E-state index contributed by atoms with van der Waals surface area (Å²) in [5.74, 6) is -0.800. The SMILES string of the molecule is CCOC(=O)CC[C@@H](NCCN)C(N)=O.Cl.Cl. The molecular formula is C9H21Cl2N3O3. The lowest BCUT2D eigenvalue weighted by Gasteiger charge is -2.13. The van der Waals surface area contributed by atoms with E-state index < -0.39 is 11.9 Å². The Kier molecular flexibility index (Phi) is 17.2. The minimum Gasteiger partial charge on any atom is -0.466 e. The van der Waals surface area contributed by atoms with Gasteiger partial charge in [0, 0.05) is 19.5 Å². The second-order valence-corrected chi connectivity index (χ2v) is 3.04. The molecule has 0 rings (SSSR count). The van der Waals surface area contributed by atoms with E-state index in [1.165, 1.54) is 0 Å². The fraction of sp³-hybridized carbons (Fsp3) is 0.778. The van der Waals surface area contributed by atoms with Crippen LogP contribution in [0.3, 0.4) is 0 Å². The van der Waals surface area contributed by atoms with Crippen molar-refractivity contribution in [2.75, 3.05) is 19.7 Å². The van der Waals surface area contributed by atoms with Crippen LogP contribution in [-0.2, 0) is 14.3 Å². The molecule has 0 aromatic heterocycles. The lowest BCUT2D eigenvalue weighted by molar-refractivity contribution is -0.143. The van der Waals surface area contributed by atoms with Gasteiger partial charge in [-0.25, -0.2) is 0 Å². The summed E-state index contributed by atoms with van der Waals surface area (Å²) in [6.07, 6.45) is 0.521. The van der Waals surface area contributed by atoms with E-state index in [2.05, 4.69) is 5.32 Å². The highest BCUT2D eigenvalue weighted by Gasteiger charge is 2.15. The molecule has 0 aromatic carbocycles. The zero-order valence-corrected chi connectivity index (χ0v) is 11.4. The second kappa shape index (κ2) is 13.5. The molecule has 6 nitrogen and oxygen atoms in total. The smallest absolute Gasteiger partial charge is 0.305 e. The van der Waals surface area contributed by atoms with Crippen LogP contribution in [0.25, 0.3) is 0 Å². The minimum atomic E-state index is -0.516. The Bertz CT molecular complexity index is 216. The van der Waals surface area contributed by atoms with Crippen molar-refractivity contribution in [2.45, 2.75) is 25.8 Å². The standard InChI is InChI=1S/C9H19N3O3.2ClH/c1-2-15-8(13)4-3-7(9(11)14)12-6-5-10;;/h7,12H,2-6,10H2,1H3,(H2,11,14);2*1H/t7-;;/m1../s1. The molecule has 1 atom stereocenters. The van der Waals surface area contributed by atoms with Crippen molar-refractivity contribution in [2.24, 2.45) is 11.5 Å². The summed E-state index contributed by atoms with van der Waals surface area (Å²) in [6.45, 7) is 2.99. The van der Waals surface area contributed by atoms with Gasteiger partial charge in [-0.3, -0.25) is 9.59 Å². The summed E-state index contributed by atoms with van der Waals surface area (Å²) in [7, 11) is 0. The Balaban J connectivity index is -0.000000980. The van der Waals surface area contributed by atoms with Crippen LogP contribution >= 0.6 is 24.8 Å². The molecule has 17 heavy (non-hydrogen) atoms. The van der Waals surface area contributed by atoms with Gasteiger partial charge in [0.15, 0.2) is 0 Å².